The lowest BCUT2D eigenvalue weighted by molar-refractivity contribution is -0.125. The first-order valence-corrected chi connectivity index (χ1v) is 9.78. The Kier molecular flexibility index (Phi) is 4.57. The van der Waals surface area contributed by atoms with Crippen LogP contribution in [0.4, 0.5) is 0 Å². The van der Waals surface area contributed by atoms with Crippen molar-refractivity contribution in [2.45, 2.75) is 44.7 Å². The molecule has 25 heavy (non-hydrogen) atoms. The smallest absolute Gasteiger partial charge is 0.346 e. The van der Waals surface area contributed by atoms with E-state index in [0.29, 0.717) is 13.1 Å². The molecule has 1 atom stereocenters. The number of carbonyl (C=O) groups excluding carboxylic acids is 1. The maximum atomic E-state index is 12.7. The minimum Gasteiger partial charge on any atom is -0.354 e. The van der Waals surface area contributed by atoms with Crippen LogP contribution in [0.3, 0.4) is 0 Å². The molecular formula is C18H22N4O2S. The molecule has 132 valence electrons. The van der Waals surface area contributed by atoms with Gasteiger partial charge >= 0.3 is 5.69 Å². The number of rotatable bonds is 6. The molecule has 0 bridgehead atoms. The van der Waals surface area contributed by atoms with Gasteiger partial charge in [0.25, 0.3) is 0 Å². The zero-order valence-electron chi connectivity index (χ0n) is 14.1. The molecule has 1 amide bonds. The Morgan fingerprint density at radius 3 is 2.88 bits per heavy atom. The number of amides is 1. The van der Waals surface area contributed by atoms with Crippen molar-refractivity contribution in [1.29, 1.82) is 0 Å². The molecule has 1 saturated carbocycles. The van der Waals surface area contributed by atoms with Crippen molar-refractivity contribution in [3.8, 4) is 10.7 Å². The number of hydrogen-bond acceptors (Lipinski definition) is 4. The second kappa shape index (κ2) is 7.00. The fourth-order valence-corrected chi connectivity index (χ4v) is 3.97. The van der Waals surface area contributed by atoms with Crippen LogP contribution in [0.25, 0.3) is 10.7 Å². The first kappa shape index (κ1) is 16.3. The Bertz CT molecular complexity index is 830. The third-order valence-electron chi connectivity index (χ3n) is 4.79. The molecule has 2 aromatic rings. The summed E-state index contributed by atoms with van der Waals surface area (Å²) in [5.41, 5.74) is -0.0688. The summed E-state index contributed by atoms with van der Waals surface area (Å²) >= 11 is 1.59. The summed E-state index contributed by atoms with van der Waals surface area (Å²) in [7, 11) is 0. The fraction of sp³-hybridized carbons (Fsp3) is 0.500. The average Bonchev–Trinajstić information content (AvgIpc) is 3.21. The van der Waals surface area contributed by atoms with E-state index in [1.807, 2.05) is 22.1 Å². The van der Waals surface area contributed by atoms with Crippen molar-refractivity contribution >= 4 is 17.2 Å². The van der Waals surface area contributed by atoms with Crippen LogP contribution in [-0.2, 0) is 11.3 Å². The molecule has 2 aliphatic rings. The summed E-state index contributed by atoms with van der Waals surface area (Å²) in [6.07, 6.45) is 8.95. The molecule has 7 heteroatoms. The lowest BCUT2D eigenvalue weighted by Gasteiger charge is -2.16. The van der Waals surface area contributed by atoms with Crippen molar-refractivity contribution in [3.63, 3.8) is 0 Å². The van der Waals surface area contributed by atoms with E-state index in [1.54, 1.807) is 11.3 Å². The molecule has 2 aliphatic carbocycles. The predicted molar refractivity (Wildman–Crippen MR) is 97.6 cm³/mol. The molecule has 1 unspecified atom stereocenters. The number of thiophene rings is 1. The lowest BCUT2D eigenvalue weighted by atomic mass is 9.94. The molecule has 2 heterocycles. The molecule has 0 aliphatic heterocycles. The first-order chi connectivity index (χ1) is 12.2. The Labute approximate surface area is 150 Å². The highest BCUT2D eigenvalue weighted by atomic mass is 32.1. The van der Waals surface area contributed by atoms with Gasteiger partial charge in [-0.05, 0) is 43.6 Å². The molecule has 0 spiro atoms. The fourth-order valence-electron chi connectivity index (χ4n) is 3.26. The molecule has 0 radical (unpaired) electrons. The largest absolute Gasteiger partial charge is 0.354 e. The van der Waals surface area contributed by atoms with Gasteiger partial charge in [0, 0.05) is 18.5 Å². The third-order valence-corrected chi connectivity index (χ3v) is 5.65. The number of hydrogen-bond donors (Lipinski definition) is 1. The van der Waals surface area contributed by atoms with Gasteiger partial charge in [0.1, 0.15) is 0 Å². The Hall–Kier alpha value is -2.15. The minimum absolute atomic E-state index is 0.0624. The SMILES string of the molecule is O=C(NCCn1nc(-c2cccs2)n(C2CC2)c1=O)C1CC=CCC1. The molecule has 2 aromatic heterocycles. The maximum absolute atomic E-state index is 12.7. The Morgan fingerprint density at radius 2 is 2.20 bits per heavy atom. The van der Waals surface area contributed by atoms with Gasteiger partial charge in [0.2, 0.25) is 5.91 Å². The molecule has 1 N–H and O–H groups in total. The van der Waals surface area contributed by atoms with E-state index in [0.717, 1.165) is 42.8 Å². The summed E-state index contributed by atoms with van der Waals surface area (Å²) in [6.45, 7) is 0.843. The molecule has 1 fully saturated rings. The van der Waals surface area contributed by atoms with Crippen LogP contribution < -0.4 is 11.0 Å². The van der Waals surface area contributed by atoms with Gasteiger partial charge in [0.15, 0.2) is 5.82 Å². The van der Waals surface area contributed by atoms with Crippen molar-refractivity contribution in [2.24, 2.45) is 5.92 Å². The summed E-state index contributed by atoms with van der Waals surface area (Å²) in [4.78, 5) is 25.9. The van der Waals surface area contributed by atoms with E-state index in [-0.39, 0.29) is 23.6 Å². The summed E-state index contributed by atoms with van der Waals surface area (Å²) in [5.74, 6) is 0.899. The molecule has 0 saturated heterocycles. The van der Waals surface area contributed by atoms with E-state index in [4.69, 9.17) is 0 Å². The molecule has 4 rings (SSSR count). The number of aromatic nitrogens is 3. The van der Waals surface area contributed by atoms with Gasteiger partial charge in [-0.3, -0.25) is 9.36 Å². The molecule has 0 aromatic carbocycles. The van der Waals surface area contributed by atoms with E-state index in [1.165, 1.54) is 4.68 Å². The maximum Gasteiger partial charge on any atom is 0.346 e. The predicted octanol–water partition coefficient (Wildman–Crippen LogP) is 2.58. The normalized spacial score (nSPS) is 19.9. The van der Waals surface area contributed by atoms with Gasteiger partial charge in [0.05, 0.1) is 11.4 Å². The van der Waals surface area contributed by atoms with Crippen molar-refractivity contribution in [2.75, 3.05) is 6.54 Å². The van der Waals surface area contributed by atoms with Crippen LogP contribution in [0.5, 0.6) is 0 Å². The number of allylic oxidation sites excluding steroid dienone is 2. The van der Waals surface area contributed by atoms with E-state index in [9.17, 15) is 9.59 Å². The van der Waals surface area contributed by atoms with Crippen molar-refractivity contribution in [1.82, 2.24) is 19.7 Å². The van der Waals surface area contributed by atoms with Gasteiger partial charge in [-0.1, -0.05) is 18.2 Å². The van der Waals surface area contributed by atoms with Gasteiger partial charge in [-0.2, -0.15) is 0 Å². The van der Waals surface area contributed by atoms with E-state index in [2.05, 4.69) is 22.6 Å². The van der Waals surface area contributed by atoms with Crippen LogP contribution in [0.2, 0.25) is 0 Å². The van der Waals surface area contributed by atoms with Crippen LogP contribution in [0.1, 0.15) is 38.1 Å². The second-order valence-electron chi connectivity index (χ2n) is 6.68. The van der Waals surface area contributed by atoms with Gasteiger partial charge < -0.3 is 5.32 Å². The van der Waals surface area contributed by atoms with Gasteiger partial charge in [-0.15, -0.1) is 16.4 Å². The minimum atomic E-state index is -0.0688. The zero-order valence-corrected chi connectivity index (χ0v) is 14.9. The monoisotopic (exact) mass is 358 g/mol. The summed E-state index contributed by atoms with van der Waals surface area (Å²) < 4.78 is 3.31. The average molecular weight is 358 g/mol. The number of carbonyl (C=O) groups is 1. The number of nitrogens with one attached hydrogen (secondary N) is 1. The summed E-state index contributed by atoms with van der Waals surface area (Å²) in [6, 6.07) is 4.25. The van der Waals surface area contributed by atoms with E-state index >= 15 is 0 Å². The molecular weight excluding hydrogens is 336 g/mol. The quantitative estimate of drug-likeness (QED) is 0.807. The van der Waals surface area contributed by atoms with Crippen LogP contribution in [0.15, 0.2) is 34.5 Å². The van der Waals surface area contributed by atoms with Crippen molar-refractivity contribution in [3.05, 3.63) is 40.1 Å². The standard InChI is InChI=1S/C18H22N4O2S/c23-17(13-5-2-1-3-6-13)19-10-11-21-18(24)22(14-8-9-14)16(20-21)15-7-4-12-25-15/h1-2,4,7,12-14H,3,5-6,8-11H2,(H,19,23). The number of nitrogens with zero attached hydrogens (tertiary/aromatic N) is 3. The van der Waals surface area contributed by atoms with Crippen LogP contribution in [0, 0.1) is 5.92 Å². The highest BCUT2D eigenvalue weighted by Gasteiger charge is 2.30. The van der Waals surface area contributed by atoms with E-state index < -0.39 is 0 Å². The third kappa shape index (κ3) is 3.46. The Morgan fingerprint density at radius 1 is 1.32 bits per heavy atom. The second-order valence-corrected chi connectivity index (χ2v) is 7.63. The lowest BCUT2D eigenvalue weighted by Crippen LogP contribution is -2.35. The van der Waals surface area contributed by atoms with Gasteiger partial charge in [-0.25, -0.2) is 9.48 Å². The topological polar surface area (TPSA) is 68.9 Å². The highest BCUT2D eigenvalue weighted by molar-refractivity contribution is 7.13. The highest BCUT2D eigenvalue weighted by Crippen LogP contribution is 2.37. The molecule has 6 nitrogen and oxygen atoms in total. The van der Waals surface area contributed by atoms with Crippen LogP contribution in [-0.4, -0.2) is 26.8 Å². The zero-order chi connectivity index (χ0) is 17.2. The summed E-state index contributed by atoms with van der Waals surface area (Å²) in [5, 5.41) is 9.49. The first-order valence-electron chi connectivity index (χ1n) is 8.90. The van der Waals surface area contributed by atoms with Crippen LogP contribution >= 0.6 is 11.3 Å². The van der Waals surface area contributed by atoms with Crippen molar-refractivity contribution < 1.29 is 4.79 Å². The Balaban J connectivity index is 1.44.